The van der Waals surface area contributed by atoms with Crippen LogP contribution in [0.2, 0.25) is 0 Å². The van der Waals surface area contributed by atoms with Gasteiger partial charge in [-0.2, -0.15) is 0 Å². The molecule has 1 rings (SSSR count). The second kappa shape index (κ2) is 2.48. The second-order valence-corrected chi connectivity index (χ2v) is 3.50. The lowest BCUT2D eigenvalue weighted by Crippen LogP contribution is -2.64. The molecule has 0 spiro atoms. The van der Waals surface area contributed by atoms with Crippen molar-refractivity contribution in [1.29, 1.82) is 0 Å². The molecule has 3 unspecified atom stereocenters. The SMILES string of the molecule is COC(=O)C1(N)CC(C)C1C. The largest absolute Gasteiger partial charge is 0.468 e. The fraction of sp³-hybridized carbons (Fsp3) is 0.875. The zero-order valence-electron chi connectivity index (χ0n) is 7.26. The van der Waals surface area contributed by atoms with Gasteiger partial charge in [0.15, 0.2) is 0 Å². The fourth-order valence-corrected chi connectivity index (χ4v) is 1.70. The lowest BCUT2D eigenvalue weighted by atomic mass is 9.61. The summed E-state index contributed by atoms with van der Waals surface area (Å²) in [5.74, 6) is 0.511. The molecule has 0 aliphatic heterocycles. The van der Waals surface area contributed by atoms with E-state index in [0.717, 1.165) is 6.42 Å². The number of carbonyl (C=O) groups excluding carboxylic acids is 1. The minimum Gasteiger partial charge on any atom is -0.468 e. The summed E-state index contributed by atoms with van der Waals surface area (Å²) in [6, 6.07) is 0. The quantitative estimate of drug-likeness (QED) is 0.565. The summed E-state index contributed by atoms with van der Waals surface area (Å²) < 4.78 is 4.61. The Morgan fingerprint density at radius 1 is 1.64 bits per heavy atom. The van der Waals surface area contributed by atoms with Crippen molar-refractivity contribution in [3.63, 3.8) is 0 Å². The smallest absolute Gasteiger partial charge is 0.326 e. The van der Waals surface area contributed by atoms with Gasteiger partial charge in [0.05, 0.1) is 7.11 Å². The molecule has 11 heavy (non-hydrogen) atoms. The van der Waals surface area contributed by atoms with E-state index < -0.39 is 5.54 Å². The number of rotatable bonds is 1. The van der Waals surface area contributed by atoms with Crippen LogP contribution in [0.4, 0.5) is 0 Å². The fourth-order valence-electron chi connectivity index (χ4n) is 1.70. The lowest BCUT2D eigenvalue weighted by molar-refractivity contribution is -0.157. The van der Waals surface area contributed by atoms with E-state index in [1.54, 1.807) is 0 Å². The first-order valence-electron chi connectivity index (χ1n) is 3.89. The number of methoxy groups -OCH3 is 1. The number of carbonyl (C=O) groups is 1. The standard InChI is InChI=1S/C8H15NO2/c1-5-4-8(9,6(5)2)7(10)11-3/h5-6H,4,9H2,1-3H3. The number of ether oxygens (including phenoxy) is 1. The first-order valence-corrected chi connectivity index (χ1v) is 3.89. The maximum absolute atomic E-state index is 11.1. The van der Waals surface area contributed by atoms with Crippen LogP contribution >= 0.6 is 0 Å². The summed E-state index contributed by atoms with van der Waals surface area (Å²) in [6.07, 6.45) is 0.751. The summed E-state index contributed by atoms with van der Waals surface area (Å²) in [5, 5.41) is 0. The lowest BCUT2D eigenvalue weighted by Gasteiger charge is -2.47. The van der Waals surface area contributed by atoms with E-state index in [1.165, 1.54) is 7.11 Å². The zero-order valence-corrected chi connectivity index (χ0v) is 7.26. The molecule has 1 aliphatic carbocycles. The van der Waals surface area contributed by atoms with Gasteiger partial charge in [0.25, 0.3) is 0 Å². The second-order valence-electron chi connectivity index (χ2n) is 3.50. The first kappa shape index (κ1) is 8.53. The van der Waals surface area contributed by atoms with Crippen molar-refractivity contribution < 1.29 is 9.53 Å². The predicted molar refractivity (Wildman–Crippen MR) is 41.9 cm³/mol. The molecule has 0 saturated heterocycles. The minimum absolute atomic E-state index is 0.245. The number of hydrogen-bond donors (Lipinski definition) is 1. The first-order chi connectivity index (χ1) is 5.02. The van der Waals surface area contributed by atoms with Crippen LogP contribution in [-0.4, -0.2) is 18.6 Å². The molecular weight excluding hydrogens is 142 g/mol. The monoisotopic (exact) mass is 157 g/mol. The Labute approximate surface area is 66.9 Å². The Morgan fingerprint density at radius 2 is 2.18 bits per heavy atom. The number of nitrogens with two attached hydrogens (primary N) is 1. The highest BCUT2D eigenvalue weighted by atomic mass is 16.5. The van der Waals surface area contributed by atoms with E-state index in [0.29, 0.717) is 5.92 Å². The molecule has 2 N–H and O–H groups in total. The summed E-state index contributed by atoms with van der Waals surface area (Å²) in [7, 11) is 1.38. The van der Waals surface area contributed by atoms with Gasteiger partial charge in [-0.1, -0.05) is 13.8 Å². The molecule has 0 aromatic heterocycles. The van der Waals surface area contributed by atoms with Crippen LogP contribution in [0.15, 0.2) is 0 Å². The van der Waals surface area contributed by atoms with Crippen LogP contribution in [0.5, 0.6) is 0 Å². The van der Waals surface area contributed by atoms with Gasteiger partial charge in [-0.15, -0.1) is 0 Å². The molecule has 0 heterocycles. The molecule has 1 saturated carbocycles. The maximum atomic E-state index is 11.1. The van der Waals surface area contributed by atoms with Gasteiger partial charge in [-0.3, -0.25) is 4.79 Å². The molecule has 1 fully saturated rings. The summed E-state index contributed by atoms with van der Waals surface area (Å²) in [6.45, 7) is 4.09. The summed E-state index contributed by atoms with van der Waals surface area (Å²) in [4.78, 5) is 11.1. The van der Waals surface area contributed by atoms with E-state index in [-0.39, 0.29) is 11.9 Å². The van der Waals surface area contributed by atoms with Crippen molar-refractivity contribution in [2.24, 2.45) is 17.6 Å². The van der Waals surface area contributed by atoms with Crippen LogP contribution in [0.3, 0.4) is 0 Å². The van der Waals surface area contributed by atoms with Gasteiger partial charge < -0.3 is 10.5 Å². The average molecular weight is 157 g/mol. The molecule has 0 aromatic carbocycles. The normalized spacial score (nSPS) is 42.9. The van der Waals surface area contributed by atoms with Crippen LogP contribution in [0.25, 0.3) is 0 Å². The Morgan fingerprint density at radius 3 is 2.45 bits per heavy atom. The van der Waals surface area contributed by atoms with Crippen molar-refractivity contribution in [2.45, 2.75) is 25.8 Å². The van der Waals surface area contributed by atoms with E-state index in [2.05, 4.69) is 11.7 Å². The Hall–Kier alpha value is -0.570. The van der Waals surface area contributed by atoms with Gasteiger partial charge in [0.1, 0.15) is 5.54 Å². The van der Waals surface area contributed by atoms with Crippen LogP contribution in [0.1, 0.15) is 20.3 Å². The van der Waals surface area contributed by atoms with E-state index in [4.69, 9.17) is 5.73 Å². The van der Waals surface area contributed by atoms with Crippen molar-refractivity contribution in [2.75, 3.05) is 7.11 Å². The average Bonchev–Trinajstić information content (AvgIpc) is 2.02. The molecule has 3 atom stereocenters. The molecule has 1 aliphatic rings. The van der Waals surface area contributed by atoms with Crippen LogP contribution in [0, 0.1) is 11.8 Å². The molecule has 0 amide bonds. The van der Waals surface area contributed by atoms with Gasteiger partial charge in [0, 0.05) is 0 Å². The van der Waals surface area contributed by atoms with Crippen molar-refractivity contribution in [3.05, 3.63) is 0 Å². The van der Waals surface area contributed by atoms with Crippen LogP contribution in [-0.2, 0) is 9.53 Å². The Kier molecular flexibility index (Phi) is 1.92. The molecule has 0 bridgehead atoms. The highest BCUT2D eigenvalue weighted by molar-refractivity contribution is 5.82. The maximum Gasteiger partial charge on any atom is 0.326 e. The highest BCUT2D eigenvalue weighted by Crippen LogP contribution is 2.42. The molecule has 3 heteroatoms. The minimum atomic E-state index is -0.700. The van der Waals surface area contributed by atoms with E-state index >= 15 is 0 Å². The molecule has 0 aromatic rings. The summed E-state index contributed by atoms with van der Waals surface area (Å²) >= 11 is 0. The molecule has 64 valence electrons. The van der Waals surface area contributed by atoms with Crippen molar-refractivity contribution in [1.82, 2.24) is 0 Å². The zero-order chi connectivity index (χ0) is 8.65. The molecule has 0 radical (unpaired) electrons. The van der Waals surface area contributed by atoms with Gasteiger partial charge in [0.2, 0.25) is 0 Å². The van der Waals surface area contributed by atoms with Crippen molar-refractivity contribution in [3.8, 4) is 0 Å². The van der Waals surface area contributed by atoms with E-state index in [9.17, 15) is 4.79 Å². The third-order valence-corrected chi connectivity index (χ3v) is 2.89. The van der Waals surface area contributed by atoms with Crippen molar-refractivity contribution >= 4 is 5.97 Å². The van der Waals surface area contributed by atoms with Gasteiger partial charge in [-0.25, -0.2) is 0 Å². The van der Waals surface area contributed by atoms with Crippen LogP contribution < -0.4 is 5.73 Å². The number of hydrogen-bond acceptors (Lipinski definition) is 3. The topological polar surface area (TPSA) is 52.3 Å². The predicted octanol–water partition coefficient (Wildman–Crippen LogP) is 0.533. The third-order valence-electron chi connectivity index (χ3n) is 2.89. The highest BCUT2D eigenvalue weighted by Gasteiger charge is 2.52. The Bertz CT molecular complexity index is 181. The Balaban J connectivity index is 2.64. The molecule has 3 nitrogen and oxygen atoms in total. The summed E-state index contributed by atoms with van der Waals surface area (Å²) in [5.41, 5.74) is 5.12. The van der Waals surface area contributed by atoms with Gasteiger partial charge in [-0.05, 0) is 18.3 Å². The van der Waals surface area contributed by atoms with E-state index in [1.807, 2.05) is 6.92 Å². The van der Waals surface area contributed by atoms with Gasteiger partial charge >= 0.3 is 5.97 Å². The third kappa shape index (κ3) is 1.03. The number of esters is 1. The molecular formula is C8H15NO2.